The lowest BCUT2D eigenvalue weighted by Gasteiger charge is -1.92. The first-order valence-corrected chi connectivity index (χ1v) is 1.75. The van der Waals surface area contributed by atoms with Gasteiger partial charge in [0, 0.05) is 6.54 Å². The molecule has 0 aliphatic carbocycles. The Balaban J connectivity index is 0. The molecular weight excluding hydrogens is 136 g/mol. The van der Waals surface area contributed by atoms with Crippen LogP contribution < -0.4 is 5.73 Å². The van der Waals surface area contributed by atoms with E-state index in [4.69, 9.17) is 5.11 Å². The minimum Gasteiger partial charge on any atom is -0.479 e. The third-order valence-electron chi connectivity index (χ3n) is 0.475. The average molecular weight is 144 g/mol. The molecule has 0 unspecified atom stereocenters. The van der Waals surface area contributed by atoms with Crippen molar-refractivity contribution in [2.45, 2.75) is 6.17 Å². The second-order valence-corrected chi connectivity index (χ2v) is 1.04. The van der Waals surface area contributed by atoms with Gasteiger partial charge in [-0.15, -0.1) is 12.4 Å². The van der Waals surface area contributed by atoms with E-state index in [0.717, 1.165) is 0 Å². The van der Waals surface area contributed by atoms with Gasteiger partial charge in [-0.1, -0.05) is 0 Å². The predicted octanol–water partition coefficient (Wildman–Crippen LogP) is -0.210. The van der Waals surface area contributed by atoms with E-state index < -0.39 is 18.7 Å². The standard InChI is InChI=1S/C3H6FNO2.ClH/c4-2(1-5)3(6)7;/h2H,1,5H2,(H,6,7);1H/t2-;/m1./s1. The average Bonchev–Trinajstić information content (AvgIpc) is 1.65. The molecule has 0 aliphatic heterocycles. The highest BCUT2D eigenvalue weighted by Gasteiger charge is 2.10. The zero-order valence-electron chi connectivity index (χ0n) is 4.00. The number of carbonyl (C=O) groups is 1. The van der Waals surface area contributed by atoms with Crippen molar-refractivity contribution < 1.29 is 14.3 Å². The molecule has 8 heavy (non-hydrogen) atoms. The van der Waals surface area contributed by atoms with Crippen LogP contribution in [0.4, 0.5) is 4.39 Å². The smallest absolute Gasteiger partial charge is 0.339 e. The van der Waals surface area contributed by atoms with E-state index in [-0.39, 0.29) is 12.4 Å². The maximum Gasteiger partial charge on any atom is 0.339 e. The monoisotopic (exact) mass is 143 g/mol. The van der Waals surface area contributed by atoms with Gasteiger partial charge in [-0.05, 0) is 0 Å². The van der Waals surface area contributed by atoms with Crippen LogP contribution >= 0.6 is 12.4 Å². The van der Waals surface area contributed by atoms with Gasteiger partial charge in [0.1, 0.15) is 0 Å². The van der Waals surface area contributed by atoms with E-state index in [2.05, 4.69) is 5.73 Å². The van der Waals surface area contributed by atoms with Gasteiger partial charge in [0.25, 0.3) is 0 Å². The number of carboxylic acid groups (broad SMARTS) is 1. The normalized spacial score (nSPS) is 11.8. The zero-order valence-corrected chi connectivity index (χ0v) is 4.82. The Morgan fingerprint density at radius 2 is 2.25 bits per heavy atom. The molecule has 0 rings (SSSR count). The fourth-order valence-electron chi connectivity index (χ4n) is 0.101. The van der Waals surface area contributed by atoms with Crippen molar-refractivity contribution in [2.75, 3.05) is 6.54 Å². The maximum atomic E-state index is 11.5. The third kappa shape index (κ3) is 3.83. The molecule has 1 atom stereocenters. The number of hydrogen-bond donors (Lipinski definition) is 2. The molecule has 3 nitrogen and oxygen atoms in total. The van der Waals surface area contributed by atoms with Crippen LogP contribution in [0.15, 0.2) is 0 Å². The number of carboxylic acids is 1. The number of rotatable bonds is 2. The summed E-state index contributed by atoms with van der Waals surface area (Å²) in [5.41, 5.74) is 4.62. The largest absolute Gasteiger partial charge is 0.479 e. The summed E-state index contributed by atoms with van der Waals surface area (Å²) in [4.78, 5) is 9.48. The molecule has 0 saturated heterocycles. The van der Waals surface area contributed by atoms with Crippen molar-refractivity contribution >= 4 is 18.4 Å². The highest BCUT2D eigenvalue weighted by atomic mass is 35.5. The van der Waals surface area contributed by atoms with Gasteiger partial charge in [0.05, 0.1) is 0 Å². The number of hydrogen-bond acceptors (Lipinski definition) is 2. The summed E-state index contributed by atoms with van der Waals surface area (Å²) in [7, 11) is 0. The summed E-state index contributed by atoms with van der Waals surface area (Å²) in [5.74, 6) is -1.50. The summed E-state index contributed by atoms with van der Waals surface area (Å²) in [6.07, 6.45) is -1.90. The molecule has 0 fully saturated rings. The third-order valence-corrected chi connectivity index (χ3v) is 0.475. The zero-order chi connectivity index (χ0) is 5.86. The van der Waals surface area contributed by atoms with Gasteiger partial charge in [-0.3, -0.25) is 0 Å². The second kappa shape index (κ2) is 4.80. The minimum absolute atomic E-state index is 0. The number of halogens is 2. The molecule has 0 aromatic rings. The molecule has 0 spiro atoms. The highest BCUT2D eigenvalue weighted by molar-refractivity contribution is 5.85. The number of alkyl halides is 1. The number of nitrogens with two attached hydrogens (primary N) is 1. The van der Waals surface area contributed by atoms with Crippen LogP contribution in [0.25, 0.3) is 0 Å². The lowest BCUT2D eigenvalue weighted by Crippen LogP contribution is -2.24. The first kappa shape index (κ1) is 10.6. The van der Waals surface area contributed by atoms with Crippen molar-refractivity contribution in [3.05, 3.63) is 0 Å². The van der Waals surface area contributed by atoms with Crippen LogP contribution in [0.3, 0.4) is 0 Å². The summed E-state index contributed by atoms with van der Waals surface area (Å²) in [6, 6.07) is 0. The summed E-state index contributed by atoms with van der Waals surface area (Å²) in [5, 5.41) is 7.73. The van der Waals surface area contributed by atoms with E-state index in [1.807, 2.05) is 0 Å². The van der Waals surface area contributed by atoms with Gasteiger partial charge in [0.2, 0.25) is 6.17 Å². The van der Waals surface area contributed by atoms with E-state index in [0.29, 0.717) is 0 Å². The Kier molecular flexibility index (Phi) is 6.36. The van der Waals surface area contributed by atoms with E-state index in [1.165, 1.54) is 0 Å². The fourth-order valence-corrected chi connectivity index (χ4v) is 0.101. The maximum absolute atomic E-state index is 11.5. The quantitative estimate of drug-likeness (QED) is 0.562. The Hall–Kier alpha value is -0.350. The minimum atomic E-state index is -1.90. The molecule has 0 radical (unpaired) electrons. The van der Waals surface area contributed by atoms with Gasteiger partial charge >= 0.3 is 5.97 Å². The first-order chi connectivity index (χ1) is 3.18. The van der Waals surface area contributed by atoms with Crippen LogP contribution in [-0.2, 0) is 4.79 Å². The summed E-state index contributed by atoms with van der Waals surface area (Å²) in [6.45, 7) is -0.449. The Bertz CT molecular complexity index is 79.7. The Morgan fingerprint density at radius 3 is 2.25 bits per heavy atom. The van der Waals surface area contributed by atoms with Gasteiger partial charge in [-0.25, -0.2) is 9.18 Å². The SMILES string of the molecule is Cl.NC[C@@H](F)C(=O)O. The first-order valence-electron chi connectivity index (χ1n) is 1.75. The van der Waals surface area contributed by atoms with Gasteiger partial charge < -0.3 is 10.8 Å². The molecule has 0 aromatic carbocycles. The molecular formula is C3H7ClFNO2. The molecule has 0 aliphatic rings. The Labute approximate surface area is 52.1 Å². The Morgan fingerprint density at radius 1 is 1.88 bits per heavy atom. The highest BCUT2D eigenvalue weighted by Crippen LogP contribution is 1.83. The summed E-state index contributed by atoms with van der Waals surface area (Å²) >= 11 is 0. The van der Waals surface area contributed by atoms with E-state index >= 15 is 0 Å². The van der Waals surface area contributed by atoms with E-state index in [1.54, 1.807) is 0 Å². The molecule has 50 valence electrons. The van der Waals surface area contributed by atoms with Crippen molar-refractivity contribution in [2.24, 2.45) is 5.73 Å². The lowest BCUT2D eigenvalue weighted by atomic mass is 10.4. The molecule has 5 heteroatoms. The predicted molar refractivity (Wildman–Crippen MR) is 28.8 cm³/mol. The molecule has 0 heterocycles. The lowest BCUT2D eigenvalue weighted by molar-refractivity contribution is -0.142. The van der Waals surface area contributed by atoms with E-state index in [9.17, 15) is 9.18 Å². The fraction of sp³-hybridized carbons (Fsp3) is 0.667. The molecule has 3 N–H and O–H groups in total. The van der Waals surface area contributed by atoms with Crippen molar-refractivity contribution in [3.8, 4) is 0 Å². The van der Waals surface area contributed by atoms with Crippen LogP contribution in [0.1, 0.15) is 0 Å². The van der Waals surface area contributed by atoms with Crippen molar-refractivity contribution in [3.63, 3.8) is 0 Å². The van der Waals surface area contributed by atoms with Crippen molar-refractivity contribution in [1.82, 2.24) is 0 Å². The van der Waals surface area contributed by atoms with Crippen LogP contribution in [-0.4, -0.2) is 23.8 Å². The topological polar surface area (TPSA) is 63.3 Å². The molecule has 0 bridgehead atoms. The van der Waals surface area contributed by atoms with Gasteiger partial charge in [-0.2, -0.15) is 0 Å². The second-order valence-electron chi connectivity index (χ2n) is 1.04. The number of aliphatic carboxylic acids is 1. The van der Waals surface area contributed by atoms with Gasteiger partial charge in [0.15, 0.2) is 0 Å². The summed E-state index contributed by atoms with van der Waals surface area (Å²) < 4.78 is 11.5. The van der Waals surface area contributed by atoms with Crippen LogP contribution in [0.5, 0.6) is 0 Å². The van der Waals surface area contributed by atoms with Crippen LogP contribution in [0, 0.1) is 0 Å². The molecule has 0 amide bonds. The molecule has 0 saturated carbocycles. The van der Waals surface area contributed by atoms with Crippen molar-refractivity contribution in [1.29, 1.82) is 0 Å². The molecule has 0 aromatic heterocycles. The van der Waals surface area contributed by atoms with Crippen LogP contribution in [0.2, 0.25) is 0 Å².